The number of ether oxygens (including phenoxy) is 4. The van der Waals surface area contributed by atoms with Crippen LogP contribution in [-0.2, 0) is 22.6 Å². The number of aliphatic hydroxyl groups is 1. The van der Waals surface area contributed by atoms with Crippen molar-refractivity contribution in [3.8, 4) is 17.2 Å². The number of nitrogens with zero attached hydrogens (tertiary/aromatic N) is 2. The smallest absolute Gasteiger partial charge is 0.253 e. The van der Waals surface area contributed by atoms with Gasteiger partial charge in [0.25, 0.3) is 5.91 Å². The molecule has 0 aliphatic carbocycles. The third kappa shape index (κ3) is 6.66. The van der Waals surface area contributed by atoms with Crippen molar-refractivity contribution in [1.29, 1.82) is 0 Å². The van der Waals surface area contributed by atoms with Crippen molar-refractivity contribution in [2.45, 2.75) is 39.1 Å². The van der Waals surface area contributed by atoms with E-state index in [0.29, 0.717) is 50.2 Å². The number of benzene rings is 2. The Hall–Kier alpha value is -2.81. The van der Waals surface area contributed by atoms with E-state index in [2.05, 4.69) is 24.8 Å². The normalized spacial score (nSPS) is 20.4. The molecule has 0 bridgehead atoms. The summed E-state index contributed by atoms with van der Waals surface area (Å²) in [6.07, 6.45) is -1.18. The molecule has 0 aromatic heterocycles. The van der Waals surface area contributed by atoms with Gasteiger partial charge in [-0.05, 0) is 29.7 Å². The van der Waals surface area contributed by atoms with Crippen LogP contribution < -0.4 is 14.2 Å². The van der Waals surface area contributed by atoms with E-state index >= 15 is 0 Å². The van der Waals surface area contributed by atoms with E-state index in [1.165, 1.54) is 0 Å². The zero-order chi connectivity index (χ0) is 24.8. The molecule has 35 heavy (non-hydrogen) atoms. The average molecular weight is 485 g/mol. The summed E-state index contributed by atoms with van der Waals surface area (Å²) < 4.78 is 22.8. The highest BCUT2D eigenvalue weighted by Crippen LogP contribution is 2.31. The maximum Gasteiger partial charge on any atom is 0.253 e. The molecule has 8 nitrogen and oxygen atoms in total. The Balaban J connectivity index is 1.45. The summed E-state index contributed by atoms with van der Waals surface area (Å²) in [4.78, 5) is 17.7. The molecule has 0 radical (unpaired) electrons. The van der Waals surface area contributed by atoms with E-state index in [9.17, 15) is 9.90 Å². The summed E-state index contributed by atoms with van der Waals surface area (Å²) in [5.41, 5.74) is 2.04. The fraction of sp³-hybridized carbons (Fsp3) is 0.519. The Morgan fingerprint density at radius 1 is 1.17 bits per heavy atom. The summed E-state index contributed by atoms with van der Waals surface area (Å²) in [6.45, 7) is 8.17. The highest BCUT2D eigenvalue weighted by molar-refractivity contribution is 5.81. The van der Waals surface area contributed by atoms with Crippen LogP contribution in [0.3, 0.4) is 0 Å². The molecule has 1 fully saturated rings. The van der Waals surface area contributed by atoms with Gasteiger partial charge in [-0.1, -0.05) is 38.1 Å². The lowest BCUT2D eigenvalue weighted by Crippen LogP contribution is -2.51. The van der Waals surface area contributed by atoms with Crippen molar-refractivity contribution in [2.75, 3.05) is 46.6 Å². The molecule has 2 aromatic rings. The number of amides is 1. The molecule has 2 heterocycles. The van der Waals surface area contributed by atoms with Crippen molar-refractivity contribution in [3.05, 3.63) is 53.6 Å². The Kier molecular flexibility index (Phi) is 8.49. The van der Waals surface area contributed by atoms with Crippen molar-refractivity contribution in [3.63, 3.8) is 0 Å². The summed E-state index contributed by atoms with van der Waals surface area (Å²) in [5, 5.41) is 9.81. The molecular formula is C27H36N2O6. The first-order valence-corrected chi connectivity index (χ1v) is 12.2. The van der Waals surface area contributed by atoms with Crippen molar-refractivity contribution in [2.24, 2.45) is 5.92 Å². The number of aliphatic hydroxyl groups excluding tert-OH is 1. The van der Waals surface area contributed by atoms with E-state index < -0.39 is 12.2 Å². The third-order valence-corrected chi connectivity index (χ3v) is 6.15. The lowest BCUT2D eigenvalue weighted by atomic mass is 10.1. The van der Waals surface area contributed by atoms with Crippen LogP contribution in [0.4, 0.5) is 0 Å². The molecule has 2 atom stereocenters. The van der Waals surface area contributed by atoms with Gasteiger partial charge in [0, 0.05) is 38.3 Å². The molecule has 190 valence electrons. The minimum Gasteiger partial charge on any atom is -0.496 e. The van der Waals surface area contributed by atoms with Crippen molar-refractivity contribution >= 4 is 5.91 Å². The maximum absolute atomic E-state index is 13.6. The fourth-order valence-electron chi connectivity index (χ4n) is 4.47. The molecule has 0 unspecified atom stereocenters. The van der Waals surface area contributed by atoms with Crippen LogP contribution in [0.25, 0.3) is 0 Å². The molecule has 2 aliphatic heterocycles. The van der Waals surface area contributed by atoms with Crippen LogP contribution in [0.2, 0.25) is 0 Å². The lowest BCUT2D eigenvalue weighted by molar-refractivity contribution is -0.151. The summed E-state index contributed by atoms with van der Waals surface area (Å²) in [6, 6.07) is 13.6. The van der Waals surface area contributed by atoms with Gasteiger partial charge in [-0.3, -0.25) is 9.69 Å². The van der Waals surface area contributed by atoms with Gasteiger partial charge in [-0.15, -0.1) is 0 Å². The standard InChI is InChI=1S/C27H36N2O6/c1-19(2)13-29(14-20-8-9-24-25(12-20)35-18-22(30)17-34-24)27(31)26-16-28(10-11-33-26)15-21-6-4-5-7-23(21)32-3/h4-9,12,19,22,26,30H,10-11,13-18H2,1-3H3/t22-,26+/m0/s1. The van der Waals surface area contributed by atoms with E-state index in [-0.39, 0.29) is 19.1 Å². The van der Waals surface area contributed by atoms with Gasteiger partial charge in [0.05, 0.1) is 13.7 Å². The van der Waals surface area contributed by atoms with E-state index in [1.807, 2.05) is 41.3 Å². The first-order valence-electron chi connectivity index (χ1n) is 12.2. The van der Waals surface area contributed by atoms with Gasteiger partial charge >= 0.3 is 0 Å². The highest BCUT2D eigenvalue weighted by Gasteiger charge is 2.31. The maximum atomic E-state index is 13.6. The number of carbonyl (C=O) groups is 1. The monoisotopic (exact) mass is 484 g/mol. The zero-order valence-corrected chi connectivity index (χ0v) is 20.8. The summed E-state index contributed by atoms with van der Waals surface area (Å²) >= 11 is 0. The fourth-order valence-corrected chi connectivity index (χ4v) is 4.47. The quantitative estimate of drug-likeness (QED) is 0.617. The summed E-state index contributed by atoms with van der Waals surface area (Å²) in [5.74, 6) is 2.35. The number of rotatable bonds is 8. The van der Waals surface area contributed by atoms with Gasteiger partial charge in [0.2, 0.25) is 0 Å². The van der Waals surface area contributed by atoms with Crippen LogP contribution in [0, 0.1) is 5.92 Å². The number of hydrogen-bond donors (Lipinski definition) is 1. The van der Waals surface area contributed by atoms with Crippen molar-refractivity contribution < 1.29 is 28.8 Å². The molecule has 0 saturated carbocycles. The Morgan fingerprint density at radius 2 is 1.94 bits per heavy atom. The Morgan fingerprint density at radius 3 is 2.71 bits per heavy atom. The predicted molar refractivity (Wildman–Crippen MR) is 132 cm³/mol. The number of carbonyl (C=O) groups excluding carboxylic acids is 1. The van der Waals surface area contributed by atoms with Crippen LogP contribution >= 0.6 is 0 Å². The predicted octanol–water partition coefficient (Wildman–Crippen LogP) is 2.71. The SMILES string of the molecule is COc1ccccc1CN1CCO[C@@H](C(=O)N(Cc2ccc3c(c2)OC[C@@H](O)CO3)CC(C)C)C1. The highest BCUT2D eigenvalue weighted by atomic mass is 16.5. The summed E-state index contributed by atoms with van der Waals surface area (Å²) in [7, 11) is 1.68. The van der Waals surface area contributed by atoms with Gasteiger partial charge in [0.15, 0.2) is 11.5 Å². The number of hydrogen-bond acceptors (Lipinski definition) is 7. The molecule has 1 amide bonds. The van der Waals surface area contributed by atoms with Gasteiger partial charge in [0.1, 0.15) is 31.2 Å². The third-order valence-electron chi connectivity index (χ3n) is 6.15. The second-order valence-electron chi connectivity index (χ2n) is 9.58. The number of morpholine rings is 1. The first kappa shape index (κ1) is 25.3. The largest absolute Gasteiger partial charge is 0.496 e. The second kappa shape index (κ2) is 11.7. The number of fused-ring (bicyclic) bond motifs is 1. The molecule has 8 heteroatoms. The molecule has 2 aliphatic rings. The Labute approximate surface area is 207 Å². The van der Waals surface area contributed by atoms with Gasteiger partial charge in [-0.25, -0.2) is 0 Å². The molecule has 2 aromatic carbocycles. The Bertz CT molecular complexity index is 997. The molecule has 4 rings (SSSR count). The number of para-hydroxylation sites is 1. The van der Waals surface area contributed by atoms with Crippen LogP contribution in [0.15, 0.2) is 42.5 Å². The van der Waals surface area contributed by atoms with E-state index in [1.54, 1.807) is 7.11 Å². The van der Waals surface area contributed by atoms with E-state index in [0.717, 1.165) is 23.4 Å². The van der Waals surface area contributed by atoms with Crippen LogP contribution in [0.1, 0.15) is 25.0 Å². The lowest BCUT2D eigenvalue weighted by Gasteiger charge is -2.35. The molecular weight excluding hydrogens is 448 g/mol. The number of methoxy groups -OCH3 is 1. The van der Waals surface area contributed by atoms with E-state index in [4.69, 9.17) is 18.9 Å². The molecule has 1 saturated heterocycles. The van der Waals surface area contributed by atoms with Crippen molar-refractivity contribution in [1.82, 2.24) is 9.80 Å². The average Bonchev–Trinajstić information content (AvgIpc) is 3.04. The van der Waals surface area contributed by atoms with Gasteiger partial charge < -0.3 is 29.0 Å². The van der Waals surface area contributed by atoms with Crippen LogP contribution in [0.5, 0.6) is 17.2 Å². The minimum atomic E-state index is -0.660. The van der Waals surface area contributed by atoms with Gasteiger partial charge in [-0.2, -0.15) is 0 Å². The topological polar surface area (TPSA) is 80.7 Å². The minimum absolute atomic E-state index is 0.00837. The molecule has 0 spiro atoms. The molecule has 1 N–H and O–H groups in total. The zero-order valence-electron chi connectivity index (χ0n) is 20.8. The second-order valence-corrected chi connectivity index (χ2v) is 9.58. The first-order chi connectivity index (χ1) is 16.9. The van der Waals surface area contributed by atoms with Crippen LogP contribution in [-0.4, -0.2) is 79.6 Å².